The molecule has 174 valence electrons. The van der Waals surface area contributed by atoms with Gasteiger partial charge in [0.05, 0.1) is 25.9 Å². The van der Waals surface area contributed by atoms with Gasteiger partial charge in [-0.3, -0.25) is 4.79 Å². The molecule has 0 aliphatic heterocycles. The number of carbonyl (C=O) groups excluding carboxylic acids is 2. The van der Waals surface area contributed by atoms with Crippen LogP contribution in [-0.4, -0.2) is 38.7 Å². The Morgan fingerprint density at radius 1 is 0.875 bits per heavy atom. The van der Waals surface area contributed by atoms with E-state index in [0.29, 0.717) is 24.5 Å². The Morgan fingerprint density at radius 3 is 2.12 bits per heavy atom. The standard InChI is InChI=1S/C26H34O6/c1-18(2)26(28)23-10-12-24(13-11-23)31-17-25(27)32-15-19(3)14-30-16-21-6-8-22(9-7-21)20(4)29-5/h6-13,18-20H,14-17H2,1-5H3. The van der Waals surface area contributed by atoms with Crippen LogP contribution in [0.1, 0.15) is 55.3 Å². The molecule has 0 aliphatic rings. The van der Waals surface area contributed by atoms with Crippen LogP contribution in [0.5, 0.6) is 5.75 Å². The molecule has 0 saturated heterocycles. The number of carbonyl (C=O) groups is 2. The number of ether oxygens (including phenoxy) is 4. The minimum absolute atomic E-state index is 0.0621. The van der Waals surface area contributed by atoms with Gasteiger partial charge < -0.3 is 18.9 Å². The van der Waals surface area contributed by atoms with E-state index in [0.717, 1.165) is 11.1 Å². The van der Waals surface area contributed by atoms with Gasteiger partial charge in [-0.05, 0) is 42.3 Å². The van der Waals surface area contributed by atoms with E-state index in [1.54, 1.807) is 31.4 Å². The number of rotatable bonds is 13. The van der Waals surface area contributed by atoms with Crippen molar-refractivity contribution < 1.29 is 28.5 Å². The van der Waals surface area contributed by atoms with Gasteiger partial charge in [0, 0.05) is 24.5 Å². The van der Waals surface area contributed by atoms with Crippen LogP contribution in [0.15, 0.2) is 48.5 Å². The fourth-order valence-electron chi connectivity index (χ4n) is 2.91. The molecule has 0 radical (unpaired) electrons. The Morgan fingerprint density at radius 2 is 1.53 bits per heavy atom. The molecule has 0 bridgehead atoms. The Labute approximate surface area is 190 Å². The second kappa shape index (κ2) is 13.0. The molecule has 2 atom stereocenters. The van der Waals surface area contributed by atoms with Gasteiger partial charge in [0.15, 0.2) is 12.4 Å². The molecule has 0 amide bonds. The van der Waals surface area contributed by atoms with Crippen molar-refractivity contribution in [2.24, 2.45) is 11.8 Å². The first-order valence-corrected chi connectivity index (χ1v) is 10.9. The van der Waals surface area contributed by atoms with Crippen molar-refractivity contribution in [1.82, 2.24) is 0 Å². The smallest absolute Gasteiger partial charge is 0.344 e. The maximum atomic E-state index is 11.9. The predicted molar refractivity (Wildman–Crippen MR) is 123 cm³/mol. The lowest BCUT2D eigenvalue weighted by Crippen LogP contribution is -2.20. The Hall–Kier alpha value is -2.70. The van der Waals surface area contributed by atoms with Gasteiger partial charge in [-0.1, -0.05) is 45.0 Å². The molecule has 0 aliphatic carbocycles. The summed E-state index contributed by atoms with van der Waals surface area (Å²) in [4.78, 5) is 23.9. The fourth-order valence-corrected chi connectivity index (χ4v) is 2.91. The lowest BCUT2D eigenvalue weighted by molar-refractivity contribution is -0.147. The van der Waals surface area contributed by atoms with E-state index < -0.39 is 5.97 Å². The van der Waals surface area contributed by atoms with E-state index >= 15 is 0 Å². The first kappa shape index (κ1) is 25.6. The van der Waals surface area contributed by atoms with Crippen molar-refractivity contribution in [2.45, 2.75) is 40.4 Å². The van der Waals surface area contributed by atoms with Crippen molar-refractivity contribution in [1.29, 1.82) is 0 Å². The maximum Gasteiger partial charge on any atom is 0.344 e. The highest BCUT2D eigenvalue weighted by Crippen LogP contribution is 2.17. The number of methoxy groups -OCH3 is 1. The van der Waals surface area contributed by atoms with Crippen molar-refractivity contribution >= 4 is 11.8 Å². The summed E-state index contributed by atoms with van der Waals surface area (Å²) in [5.74, 6) is 0.150. The van der Waals surface area contributed by atoms with Gasteiger partial charge in [-0.2, -0.15) is 0 Å². The minimum Gasteiger partial charge on any atom is -0.482 e. The SMILES string of the molecule is COC(C)c1ccc(COCC(C)COC(=O)COc2ccc(C(=O)C(C)C)cc2)cc1. The Kier molecular flexibility index (Phi) is 10.4. The first-order chi connectivity index (χ1) is 15.3. The van der Waals surface area contributed by atoms with Crippen LogP contribution in [0.2, 0.25) is 0 Å². The molecule has 2 aromatic rings. The summed E-state index contributed by atoms with van der Waals surface area (Å²) in [5, 5.41) is 0. The molecule has 0 aromatic heterocycles. The number of esters is 1. The van der Waals surface area contributed by atoms with Crippen molar-refractivity contribution in [2.75, 3.05) is 26.9 Å². The number of hydrogen-bond donors (Lipinski definition) is 0. The molecule has 32 heavy (non-hydrogen) atoms. The largest absolute Gasteiger partial charge is 0.482 e. The van der Waals surface area contributed by atoms with Gasteiger partial charge in [-0.25, -0.2) is 4.79 Å². The minimum atomic E-state index is -0.443. The van der Waals surface area contributed by atoms with E-state index in [1.807, 2.05) is 52.0 Å². The number of ketones is 1. The Bertz CT molecular complexity index is 842. The Balaban J connectivity index is 1.63. The molecule has 2 aromatic carbocycles. The zero-order valence-electron chi connectivity index (χ0n) is 19.6. The van der Waals surface area contributed by atoms with Gasteiger partial charge >= 0.3 is 5.97 Å². The van der Waals surface area contributed by atoms with Crippen LogP contribution in [0.3, 0.4) is 0 Å². The second-order valence-electron chi connectivity index (χ2n) is 8.25. The van der Waals surface area contributed by atoms with Crippen molar-refractivity contribution in [3.63, 3.8) is 0 Å². The summed E-state index contributed by atoms with van der Waals surface area (Å²) in [7, 11) is 1.69. The zero-order valence-corrected chi connectivity index (χ0v) is 19.6. The van der Waals surface area contributed by atoms with Gasteiger partial charge in [-0.15, -0.1) is 0 Å². The van der Waals surface area contributed by atoms with Crippen molar-refractivity contribution in [3.8, 4) is 5.75 Å². The van der Waals surface area contributed by atoms with Crippen LogP contribution in [0.25, 0.3) is 0 Å². The highest BCUT2D eigenvalue weighted by Gasteiger charge is 2.12. The summed E-state index contributed by atoms with van der Waals surface area (Å²) < 4.78 is 21.7. The summed E-state index contributed by atoms with van der Waals surface area (Å²) >= 11 is 0. The first-order valence-electron chi connectivity index (χ1n) is 10.9. The lowest BCUT2D eigenvalue weighted by atomic mass is 10.0. The molecule has 2 unspecified atom stereocenters. The van der Waals surface area contributed by atoms with E-state index in [2.05, 4.69) is 0 Å². The average Bonchev–Trinajstić information content (AvgIpc) is 2.81. The van der Waals surface area contributed by atoms with E-state index in [1.165, 1.54) is 0 Å². The van der Waals surface area contributed by atoms with E-state index in [4.69, 9.17) is 18.9 Å². The maximum absolute atomic E-state index is 11.9. The van der Waals surface area contributed by atoms with Crippen LogP contribution < -0.4 is 4.74 Å². The molecule has 2 rings (SSSR count). The van der Waals surface area contributed by atoms with E-state index in [-0.39, 0.29) is 36.9 Å². The zero-order chi connectivity index (χ0) is 23.5. The van der Waals surface area contributed by atoms with Gasteiger partial charge in [0.1, 0.15) is 5.75 Å². The second-order valence-corrected chi connectivity index (χ2v) is 8.25. The molecule has 6 heteroatoms. The summed E-state index contributed by atoms with van der Waals surface area (Å²) in [5.41, 5.74) is 2.83. The molecule has 0 N–H and O–H groups in total. The topological polar surface area (TPSA) is 71.1 Å². The van der Waals surface area contributed by atoms with Crippen LogP contribution in [-0.2, 0) is 25.6 Å². The number of benzene rings is 2. The fraction of sp³-hybridized carbons (Fsp3) is 0.462. The van der Waals surface area contributed by atoms with E-state index in [9.17, 15) is 9.59 Å². The van der Waals surface area contributed by atoms with Crippen LogP contribution >= 0.6 is 0 Å². The van der Waals surface area contributed by atoms with Crippen molar-refractivity contribution in [3.05, 3.63) is 65.2 Å². The summed E-state index contributed by atoms with van der Waals surface area (Å²) in [6.45, 7) is 8.73. The van der Waals surface area contributed by atoms with Gasteiger partial charge in [0.2, 0.25) is 0 Å². The third-order valence-electron chi connectivity index (χ3n) is 5.02. The highest BCUT2D eigenvalue weighted by molar-refractivity contribution is 5.97. The molecule has 0 heterocycles. The average molecular weight is 443 g/mol. The number of Topliss-reactive ketones (excluding diaryl/α,β-unsaturated/α-hetero) is 1. The molecular weight excluding hydrogens is 408 g/mol. The lowest BCUT2D eigenvalue weighted by Gasteiger charge is -2.14. The monoisotopic (exact) mass is 442 g/mol. The summed E-state index contributed by atoms with van der Waals surface area (Å²) in [6.07, 6.45) is 0.0668. The molecule has 6 nitrogen and oxygen atoms in total. The van der Waals surface area contributed by atoms with Crippen LogP contribution in [0.4, 0.5) is 0 Å². The number of hydrogen-bond acceptors (Lipinski definition) is 6. The van der Waals surface area contributed by atoms with Crippen LogP contribution in [0, 0.1) is 11.8 Å². The van der Waals surface area contributed by atoms with Gasteiger partial charge in [0.25, 0.3) is 0 Å². The molecule has 0 fully saturated rings. The highest BCUT2D eigenvalue weighted by atomic mass is 16.6. The normalized spacial score (nSPS) is 12.9. The molecule has 0 spiro atoms. The quantitative estimate of drug-likeness (QED) is 0.321. The predicted octanol–water partition coefficient (Wildman–Crippen LogP) is 5.01. The third kappa shape index (κ3) is 8.44. The molecular formula is C26H34O6. The molecule has 0 saturated carbocycles. The summed E-state index contributed by atoms with van der Waals surface area (Å²) in [6, 6.07) is 14.9. The third-order valence-corrected chi connectivity index (χ3v) is 5.02.